The predicted octanol–water partition coefficient (Wildman–Crippen LogP) is 6.68. The van der Waals surface area contributed by atoms with Crippen molar-refractivity contribution in [3.8, 4) is 22.6 Å². The minimum absolute atomic E-state index is 0.0299. The number of non-ortho nitro benzene ring substituents is 1. The summed E-state index contributed by atoms with van der Waals surface area (Å²) in [4.78, 5) is 23.3. The van der Waals surface area contributed by atoms with Crippen molar-refractivity contribution in [1.82, 2.24) is 0 Å². The minimum Gasteiger partial charge on any atom is -0.497 e. The highest BCUT2D eigenvalue weighted by atomic mass is 16.6. The summed E-state index contributed by atoms with van der Waals surface area (Å²) in [5.74, 6) is 0.994. The molecule has 4 rings (SSSR count). The highest BCUT2D eigenvalue weighted by Crippen LogP contribution is 2.41. The van der Waals surface area contributed by atoms with Crippen LogP contribution in [-0.2, 0) is 4.79 Å². The number of benzene rings is 3. The molecule has 184 valence electrons. The lowest BCUT2D eigenvalue weighted by Crippen LogP contribution is -2.10. The molecule has 1 heterocycles. The van der Waals surface area contributed by atoms with Crippen molar-refractivity contribution in [2.75, 3.05) is 19.5 Å². The van der Waals surface area contributed by atoms with Crippen LogP contribution in [0.4, 0.5) is 11.4 Å². The molecule has 0 unspecified atom stereocenters. The van der Waals surface area contributed by atoms with E-state index >= 15 is 0 Å². The highest BCUT2D eigenvalue weighted by molar-refractivity contribution is 6.06. The Bertz CT molecular complexity index is 1520. The number of carbonyl (C=O) groups is 1. The molecule has 4 aromatic rings. The molecule has 8 nitrogen and oxygen atoms in total. The molecule has 0 saturated carbocycles. The van der Waals surface area contributed by atoms with Crippen LogP contribution in [0.5, 0.6) is 11.5 Å². The van der Waals surface area contributed by atoms with Gasteiger partial charge in [0, 0.05) is 46.0 Å². The van der Waals surface area contributed by atoms with Crippen LogP contribution >= 0.6 is 0 Å². The molecule has 0 aliphatic carbocycles. The number of aryl methyl sites for hydroxylation is 2. The Morgan fingerprint density at radius 2 is 1.86 bits per heavy atom. The van der Waals surface area contributed by atoms with Crippen molar-refractivity contribution >= 4 is 33.8 Å². The first-order chi connectivity index (χ1) is 17.2. The maximum Gasteiger partial charge on any atom is 0.269 e. The SMILES string of the molecule is COc1cccc(-c2coc3c(C)c(OC)c(/C(C)=C/C(=O)Nc4ccc([N+](=O)[O-])cc4C)cc23)c1. The zero-order valence-electron chi connectivity index (χ0n) is 20.7. The normalized spacial score (nSPS) is 11.4. The van der Waals surface area contributed by atoms with E-state index in [1.54, 1.807) is 27.4 Å². The first-order valence-corrected chi connectivity index (χ1v) is 11.2. The quantitative estimate of drug-likeness (QED) is 0.177. The number of carbonyl (C=O) groups excluding carboxylic acids is 1. The number of amides is 1. The van der Waals surface area contributed by atoms with Crippen molar-refractivity contribution in [2.45, 2.75) is 20.8 Å². The topological polar surface area (TPSA) is 104 Å². The number of nitro benzene ring substituents is 1. The summed E-state index contributed by atoms with van der Waals surface area (Å²) in [5, 5.41) is 14.7. The van der Waals surface area contributed by atoms with Gasteiger partial charge in [-0.1, -0.05) is 12.1 Å². The van der Waals surface area contributed by atoms with Gasteiger partial charge in [0.1, 0.15) is 17.1 Å². The molecular formula is C28H26N2O6. The third-order valence-corrected chi connectivity index (χ3v) is 6.08. The molecule has 1 aromatic heterocycles. The van der Waals surface area contributed by atoms with Gasteiger partial charge in [0.15, 0.2) is 0 Å². The lowest BCUT2D eigenvalue weighted by Gasteiger charge is -2.14. The van der Waals surface area contributed by atoms with Crippen LogP contribution in [0, 0.1) is 24.0 Å². The molecule has 0 bridgehead atoms. The van der Waals surface area contributed by atoms with Crippen molar-refractivity contribution in [2.24, 2.45) is 0 Å². The number of nitrogens with one attached hydrogen (secondary N) is 1. The number of rotatable bonds is 7. The number of anilines is 1. The molecule has 0 radical (unpaired) electrons. The van der Waals surface area contributed by atoms with E-state index in [2.05, 4.69) is 5.32 Å². The molecule has 1 amide bonds. The molecule has 0 aliphatic heterocycles. The van der Waals surface area contributed by atoms with Crippen molar-refractivity contribution in [1.29, 1.82) is 0 Å². The summed E-state index contributed by atoms with van der Waals surface area (Å²) in [5.41, 5.74) is 5.87. The summed E-state index contributed by atoms with van der Waals surface area (Å²) in [7, 11) is 3.20. The Morgan fingerprint density at radius 1 is 1.08 bits per heavy atom. The van der Waals surface area contributed by atoms with E-state index in [1.807, 2.05) is 44.2 Å². The van der Waals surface area contributed by atoms with Crippen LogP contribution < -0.4 is 14.8 Å². The van der Waals surface area contributed by atoms with Crippen molar-refractivity contribution in [3.05, 3.63) is 87.7 Å². The lowest BCUT2D eigenvalue weighted by atomic mass is 9.96. The second-order valence-electron chi connectivity index (χ2n) is 8.41. The van der Waals surface area contributed by atoms with Crippen molar-refractivity contribution < 1.29 is 23.6 Å². The number of furan rings is 1. The van der Waals surface area contributed by atoms with Crippen LogP contribution in [0.3, 0.4) is 0 Å². The largest absolute Gasteiger partial charge is 0.497 e. The van der Waals surface area contributed by atoms with Gasteiger partial charge < -0.3 is 19.2 Å². The number of methoxy groups -OCH3 is 2. The lowest BCUT2D eigenvalue weighted by molar-refractivity contribution is -0.384. The number of nitro groups is 1. The summed E-state index contributed by atoms with van der Waals surface area (Å²) in [6, 6.07) is 14.0. The first kappa shape index (κ1) is 24.5. The number of allylic oxidation sites excluding steroid dienone is 1. The molecule has 1 N–H and O–H groups in total. The zero-order chi connectivity index (χ0) is 26.0. The Hall–Kier alpha value is -4.59. The Labute approximate surface area is 208 Å². The van der Waals surface area contributed by atoms with Gasteiger partial charge in [-0.25, -0.2) is 0 Å². The number of fused-ring (bicyclic) bond motifs is 1. The standard InChI is InChI=1S/C28H26N2O6/c1-16(12-26(31)29-25-10-9-20(30(32)33)11-17(25)2)22-14-23-24(19-7-6-8-21(13-19)34-4)15-36-28(23)18(3)27(22)35-5/h6-15H,1-5H3,(H,29,31)/b16-12+. The maximum atomic E-state index is 12.8. The highest BCUT2D eigenvalue weighted by Gasteiger charge is 2.19. The van der Waals surface area contributed by atoms with Crippen LogP contribution in [-0.4, -0.2) is 25.1 Å². The van der Waals surface area contributed by atoms with Gasteiger partial charge in [0.05, 0.1) is 25.4 Å². The van der Waals surface area contributed by atoms with E-state index in [0.29, 0.717) is 28.2 Å². The van der Waals surface area contributed by atoms with Crippen LogP contribution in [0.2, 0.25) is 0 Å². The van der Waals surface area contributed by atoms with Crippen LogP contribution in [0.15, 0.2) is 65.3 Å². The molecule has 3 aromatic carbocycles. The molecule has 0 fully saturated rings. The Morgan fingerprint density at radius 3 is 2.53 bits per heavy atom. The predicted molar refractivity (Wildman–Crippen MR) is 140 cm³/mol. The summed E-state index contributed by atoms with van der Waals surface area (Å²) < 4.78 is 17.0. The molecule has 8 heteroatoms. The van der Waals surface area contributed by atoms with Crippen LogP contribution in [0.25, 0.3) is 27.7 Å². The van der Waals surface area contributed by atoms with Crippen molar-refractivity contribution in [3.63, 3.8) is 0 Å². The fraction of sp³-hybridized carbons (Fsp3) is 0.179. The van der Waals surface area contributed by atoms with E-state index in [9.17, 15) is 14.9 Å². The van der Waals surface area contributed by atoms with Gasteiger partial charge in [0.2, 0.25) is 5.91 Å². The van der Waals surface area contributed by atoms with E-state index in [1.165, 1.54) is 24.3 Å². The summed E-state index contributed by atoms with van der Waals surface area (Å²) >= 11 is 0. The monoisotopic (exact) mass is 486 g/mol. The minimum atomic E-state index is -0.469. The first-order valence-electron chi connectivity index (χ1n) is 11.2. The Kier molecular flexibility index (Phi) is 6.78. The van der Waals surface area contributed by atoms with Crippen LogP contribution in [0.1, 0.15) is 23.6 Å². The van der Waals surface area contributed by atoms with Gasteiger partial charge in [0.25, 0.3) is 5.69 Å². The second kappa shape index (κ2) is 9.95. The maximum absolute atomic E-state index is 12.8. The van der Waals surface area contributed by atoms with Gasteiger partial charge in [-0.3, -0.25) is 14.9 Å². The van der Waals surface area contributed by atoms with Gasteiger partial charge in [-0.05, 0) is 61.7 Å². The number of ether oxygens (including phenoxy) is 2. The second-order valence-corrected chi connectivity index (χ2v) is 8.41. The number of nitrogens with zero attached hydrogens (tertiary/aromatic N) is 1. The van der Waals surface area contributed by atoms with Gasteiger partial charge >= 0.3 is 0 Å². The average molecular weight is 487 g/mol. The third kappa shape index (κ3) is 4.65. The number of hydrogen-bond donors (Lipinski definition) is 1. The van der Waals surface area contributed by atoms with Gasteiger partial charge in [-0.15, -0.1) is 0 Å². The fourth-order valence-corrected chi connectivity index (χ4v) is 4.23. The molecule has 0 saturated heterocycles. The molecule has 0 spiro atoms. The molecular weight excluding hydrogens is 460 g/mol. The number of hydrogen-bond acceptors (Lipinski definition) is 6. The summed E-state index contributed by atoms with van der Waals surface area (Å²) in [6.45, 7) is 5.45. The molecule has 0 aliphatic rings. The third-order valence-electron chi connectivity index (χ3n) is 6.08. The van der Waals surface area contributed by atoms with Gasteiger partial charge in [-0.2, -0.15) is 0 Å². The molecule has 0 atom stereocenters. The molecule has 36 heavy (non-hydrogen) atoms. The van der Waals surface area contributed by atoms with E-state index in [-0.39, 0.29) is 11.6 Å². The fourth-order valence-electron chi connectivity index (χ4n) is 4.23. The smallest absolute Gasteiger partial charge is 0.269 e. The average Bonchev–Trinajstić information content (AvgIpc) is 3.29. The summed E-state index contributed by atoms with van der Waals surface area (Å²) in [6.07, 6.45) is 3.19. The van der Waals surface area contributed by atoms with E-state index < -0.39 is 4.92 Å². The zero-order valence-corrected chi connectivity index (χ0v) is 20.7. The Balaban J connectivity index is 1.73. The van der Waals surface area contributed by atoms with E-state index in [4.69, 9.17) is 13.9 Å². The van der Waals surface area contributed by atoms with E-state index in [0.717, 1.165) is 33.4 Å².